The van der Waals surface area contributed by atoms with E-state index >= 15 is 0 Å². The largest absolute Gasteiger partial charge is 0.373 e. The molecule has 0 atom stereocenters. The fraction of sp³-hybridized carbons (Fsp3) is 0.143. The Morgan fingerprint density at radius 3 is 2.60 bits per heavy atom. The van der Waals surface area contributed by atoms with Crippen molar-refractivity contribution in [2.45, 2.75) is 6.92 Å². The molecular formula is C14H15N5O. The maximum absolute atomic E-state index is 11.1. The predicted molar refractivity (Wildman–Crippen MR) is 78.3 cm³/mol. The first kappa shape index (κ1) is 13.7. The topological polar surface area (TPSA) is 90.8 Å². The average molecular weight is 269 g/mol. The van der Waals surface area contributed by atoms with Gasteiger partial charge in [0.2, 0.25) is 5.91 Å². The molecule has 20 heavy (non-hydrogen) atoms. The average Bonchev–Trinajstić information content (AvgIpc) is 2.46. The fourth-order valence-electron chi connectivity index (χ4n) is 1.80. The summed E-state index contributed by atoms with van der Waals surface area (Å²) in [7, 11) is 1.74. The summed E-state index contributed by atoms with van der Waals surface area (Å²) in [4.78, 5) is 19.3. The molecule has 0 fully saturated rings. The minimum atomic E-state index is -0.176. The number of hydrogen-bond donors (Lipinski definition) is 3. The molecule has 0 bridgehead atoms. The normalized spacial score (nSPS) is 9.90. The van der Waals surface area contributed by atoms with Gasteiger partial charge in [-0.2, -0.15) is 0 Å². The second-order valence-corrected chi connectivity index (χ2v) is 4.16. The van der Waals surface area contributed by atoms with Crippen molar-refractivity contribution in [1.82, 2.24) is 9.97 Å². The van der Waals surface area contributed by atoms with Crippen molar-refractivity contribution in [3.63, 3.8) is 0 Å². The lowest BCUT2D eigenvalue weighted by Crippen LogP contribution is -2.11. The molecule has 0 spiro atoms. The van der Waals surface area contributed by atoms with Gasteiger partial charge in [-0.15, -0.1) is 0 Å². The van der Waals surface area contributed by atoms with Crippen LogP contribution in [0.5, 0.6) is 0 Å². The van der Waals surface area contributed by atoms with Crippen molar-refractivity contribution < 1.29 is 4.79 Å². The quantitative estimate of drug-likeness (QED) is 0.739. The minimum absolute atomic E-state index is 0.176. The molecule has 3 N–H and O–H groups in total. The van der Waals surface area contributed by atoms with Crippen LogP contribution in [0.4, 0.5) is 11.5 Å². The SMILES string of the molecule is CNc1ncc(NC(C)=O)cc1C(=N)c1ccncc1. The van der Waals surface area contributed by atoms with Gasteiger partial charge in [0.15, 0.2) is 0 Å². The second kappa shape index (κ2) is 5.92. The summed E-state index contributed by atoms with van der Waals surface area (Å²) in [5.41, 5.74) is 2.23. The first-order chi connectivity index (χ1) is 9.61. The van der Waals surface area contributed by atoms with E-state index in [-0.39, 0.29) is 5.91 Å². The minimum Gasteiger partial charge on any atom is -0.373 e. The van der Waals surface area contributed by atoms with Crippen LogP contribution in [0.2, 0.25) is 0 Å². The van der Waals surface area contributed by atoms with Gasteiger partial charge in [-0.1, -0.05) is 0 Å². The number of carbonyl (C=O) groups excluding carboxylic acids is 1. The maximum Gasteiger partial charge on any atom is 0.221 e. The molecule has 0 unspecified atom stereocenters. The highest BCUT2D eigenvalue weighted by molar-refractivity contribution is 6.14. The molecule has 0 aliphatic rings. The van der Waals surface area contributed by atoms with Gasteiger partial charge < -0.3 is 10.6 Å². The third-order valence-corrected chi connectivity index (χ3v) is 2.68. The Hall–Kier alpha value is -2.76. The maximum atomic E-state index is 11.1. The van der Waals surface area contributed by atoms with Crippen LogP contribution in [0.3, 0.4) is 0 Å². The van der Waals surface area contributed by atoms with Crippen molar-refractivity contribution in [2.75, 3.05) is 17.7 Å². The van der Waals surface area contributed by atoms with Gasteiger partial charge in [-0.3, -0.25) is 15.2 Å². The molecule has 0 aromatic carbocycles. The van der Waals surface area contributed by atoms with Crippen LogP contribution in [0.1, 0.15) is 18.1 Å². The van der Waals surface area contributed by atoms with E-state index in [2.05, 4.69) is 20.6 Å². The van der Waals surface area contributed by atoms with Crippen LogP contribution < -0.4 is 10.6 Å². The van der Waals surface area contributed by atoms with Crippen molar-refractivity contribution in [1.29, 1.82) is 5.41 Å². The van der Waals surface area contributed by atoms with Crippen molar-refractivity contribution in [3.8, 4) is 0 Å². The number of nitrogens with zero attached hydrogens (tertiary/aromatic N) is 2. The smallest absolute Gasteiger partial charge is 0.221 e. The van der Waals surface area contributed by atoms with Crippen LogP contribution >= 0.6 is 0 Å². The highest BCUT2D eigenvalue weighted by Crippen LogP contribution is 2.20. The van der Waals surface area contributed by atoms with Gasteiger partial charge in [-0.05, 0) is 18.2 Å². The van der Waals surface area contributed by atoms with Gasteiger partial charge in [0.1, 0.15) is 5.82 Å². The van der Waals surface area contributed by atoms with E-state index < -0.39 is 0 Å². The zero-order valence-corrected chi connectivity index (χ0v) is 11.3. The van der Waals surface area contributed by atoms with Gasteiger partial charge in [0.25, 0.3) is 0 Å². The number of nitrogens with one attached hydrogen (secondary N) is 3. The van der Waals surface area contributed by atoms with Crippen LogP contribution in [0, 0.1) is 5.41 Å². The summed E-state index contributed by atoms with van der Waals surface area (Å²) >= 11 is 0. The van der Waals surface area contributed by atoms with Gasteiger partial charge in [-0.25, -0.2) is 4.98 Å². The third kappa shape index (κ3) is 2.97. The lowest BCUT2D eigenvalue weighted by molar-refractivity contribution is -0.114. The Bertz CT molecular complexity index is 639. The van der Waals surface area contributed by atoms with Crippen molar-refractivity contribution >= 4 is 23.1 Å². The molecule has 1 amide bonds. The Kier molecular flexibility index (Phi) is 4.05. The molecule has 6 nitrogen and oxygen atoms in total. The van der Waals surface area contributed by atoms with Crippen LogP contribution in [-0.4, -0.2) is 28.6 Å². The van der Waals surface area contributed by atoms with E-state index in [0.29, 0.717) is 22.8 Å². The second-order valence-electron chi connectivity index (χ2n) is 4.16. The van der Waals surface area contributed by atoms with Crippen molar-refractivity contribution in [2.24, 2.45) is 0 Å². The first-order valence-corrected chi connectivity index (χ1v) is 6.06. The zero-order valence-electron chi connectivity index (χ0n) is 11.3. The molecule has 2 aromatic rings. The Balaban J connectivity index is 2.43. The van der Waals surface area contributed by atoms with E-state index in [9.17, 15) is 4.79 Å². The highest BCUT2D eigenvalue weighted by atomic mass is 16.1. The summed E-state index contributed by atoms with van der Waals surface area (Å²) in [6.07, 6.45) is 4.82. The molecule has 102 valence electrons. The molecule has 2 aromatic heterocycles. The molecule has 0 radical (unpaired) electrons. The summed E-state index contributed by atoms with van der Waals surface area (Å²) in [5, 5.41) is 13.9. The lowest BCUT2D eigenvalue weighted by Gasteiger charge is -2.11. The molecule has 2 heterocycles. The van der Waals surface area contributed by atoms with Gasteiger partial charge >= 0.3 is 0 Å². The molecule has 0 saturated carbocycles. The number of carbonyl (C=O) groups is 1. The predicted octanol–water partition coefficient (Wildman–Crippen LogP) is 1.89. The summed E-state index contributed by atoms with van der Waals surface area (Å²) < 4.78 is 0. The van der Waals surface area contributed by atoms with Gasteiger partial charge in [0, 0.05) is 37.5 Å². The Morgan fingerprint density at radius 1 is 1.30 bits per heavy atom. The highest BCUT2D eigenvalue weighted by Gasteiger charge is 2.12. The molecule has 0 aliphatic heterocycles. The van der Waals surface area contributed by atoms with Crippen LogP contribution in [0.25, 0.3) is 0 Å². The van der Waals surface area contributed by atoms with Crippen LogP contribution in [0.15, 0.2) is 36.8 Å². The number of pyridine rings is 2. The summed E-state index contributed by atoms with van der Waals surface area (Å²) in [5.74, 6) is 0.409. The third-order valence-electron chi connectivity index (χ3n) is 2.68. The monoisotopic (exact) mass is 269 g/mol. The van der Waals surface area contributed by atoms with E-state index in [1.54, 1.807) is 43.8 Å². The number of rotatable bonds is 4. The zero-order chi connectivity index (χ0) is 14.5. The van der Waals surface area contributed by atoms with E-state index in [1.165, 1.54) is 6.92 Å². The molecule has 2 rings (SSSR count). The fourth-order valence-corrected chi connectivity index (χ4v) is 1.80. The summed E-state index contributed by atoms with van der Waals surface area (Å²) in [6, 6.07) is 5.24. The molecular weight excluding hydrogens is 254 g/mol. The number of aromatic nitrogens is 2. The molecule has 0 saturated heterocycles. The molecule has 0 aliphatic carbocycles. The standard InChI is InChI=1S/C14H15N5O/c1-9(20)19-11-7-12(14(16-2)18-8-11)13(15)10-3-5-17-6-4-10/h3-8,15H,1-2H3,(H,16,18)(H,19,20). The Morgan fingerprint density at radius 2 is 2.00 bits per heavy atom. The number of hydrogen-bond acceptors (Lipinski definition) is 5. The molecule has 6 heteroatoms. The first-order valence-electron chi connectivity index (χ1n) is 6.06. The lowest BCUT2D eigenvalue weighted by atomic mass is 10.0. The Labute approximate surface area is 116 Å². The number of amides is 1. The summed E-state index contributed by atoms with van der Waals surface area (Å²) in [6.45, 7) is 1.43. The van der Waals surface area contributed by atoms with Crippen molar-refractivity contribution in [3.05, 3.63) is 47.9 Å². The van der Waals surface area contributed by atoms with E-state index in [4.69, 9.17) is 5.41 Å². The van der Waals surface area contributed by atoms with E-state index in [1.807, 2.05) is 0 Å². The van der Waals surface area contributed by atoms with Crippen LogP contribution in [-0.2, 0) is 4.79 Å². The van der Waals surface area contributed by atoms with Gasteiger partial charge in [0.05, 0.1) is 17.6 Å². The van der Waals surface area contributed by atoms with E-state index in [0.717, 1.165) is 5.56 Å². The number of anilines is 2.